The highest BCUT2D eigenvalue weighted by atomic mass is 14.2. The lowest BCUT2D eigenvalue weighted by Crippen LogP contribution is -2.02. The molecule has 0 aromatic heterocycles. The van der Waals surface area contributed by atoms with Crippen molar-refractivity contribution in [3.63, 3.8) is 0 Å². The van der Waals surface area contributed by atoms with Crippen molar-refractivity contribution in [1.29, 1.82) is 5.26 Å². The SMILES string of the molecule is CCCC(CC)Cc1ccc(-c2ccc(C#N)cc2)cc1. The lowest BCUT2D eigenvalue weighted by atomic mass is 9.92. The zero-order valence-corrected chi connectivity index (χ0v) is 13.0. The van der Waals surface area contributed by atoms with Crippen molar-refractivity contribution in [2.75, 3.05) is 0 Å². The minimum absolute atomic E-state index is 0.709. The van der Waals surface area contributed by atoms with Gasteiger partial charge in [0, 0.05) is 0 Å². The van der Waals surface area contributed by atoms with Crippen LogP contribution in [0.15, 0.2) is 48.5 Å². The van der Waals surface area contributed by atoms with Gasteiger partial charge < -0.3 is 0 Å². The van der Waals surface area contributed by atoms with E-state index in [2.05, 4.69) is 44.2 Å². The van der Waals surface area contributed by atoms with Crippen molar-refractivity contribution in [3.05, 3.63) is 59.7 Å². The van der Waals surface area contributed by atoms with Crippen LogP contribution in [-0.4, -0.2) is 0 Å². The maximum absolute atomic E-state index is 8.84. The predicted octanol–water partition coefficient (Wildman–Crippen LogP) is 5.59. The van der Waals surface area contributed by atoms with E-state index < -0.39 is 0 Å². The van der Waals surface area contributed by atoms with Gasteiger partial charge in [-0.2, -0.15) is 5.26 Å². The Balaban J connectivity index is 2.09. The van der Waals surface area contributed by atoms with E-state index >= 15 is 0 Å². The molecule has 1 unspecified atom stereocenters. The van der Waals surface area contributed by atoms with Crippen LogP contribution in [0.3, 0.4) is 0 Å². The van der Waals surface area contributed by atoms with E-state index in [1.54, 1.807) is 0 Å². The van der Waals surface area contributed by atoms with E-state index in [9.17, 15) is 0 Å². The molecule has 0 radical (unpaired) electrons. The minimum atomic E-state index is 0.709. The molecule has 0 heterocycles. The number of rotatable bonds is 6. The average molecular weight is 277 g/mol. The monoisotopic (exact) mass is 277 g/mol. The molecule has 0 N–H and O–H groups in total. The summed E-state index contributed by atoms with van der Waals surface area (Å²) in [6.45, 7) is 4.54. The summed E-state index contributed by atoms with van der Waals surface area (Å²) in [6.07, 6.45) is 5.01. The maximum Gasteiger partial charge on any atom is 0.0991 e. The highest BCUT2D eigenvalue weighted by molar-refractivity contribution is 5.64. The molecule has 0 fully saturated rings. The lowest BCUT2D eigenvalue weighted by molar-refractivity contribution is 0.462. The second-order valence-corrected chi connectivity index (χ2v) is 5.65. The summed E-state index contributed by atoms with van der Waals surface area (Å²) in [5, 5.41) is 8.84. The first-order valence-electron chi connectivity index (χ1n) is 7.86. The van der Waals surface area contributed by atoms with Crippen LogP contribution in [0.4, 0.5) is 0 Å². The molecule has 108 valence electrons. The smallest absolute Gasteiger partial charge is 0.0991 e. The van der Waals surface area contributed by atoms with E-state index in [-0.39, 0.29) is 0 Å². The zero-order valence-electron chi connectivity index (χ0n) is 13.0. The molecule has 0 aliphatic rings. The Hall–Kier alpha value is -2.07. The summed E-state index contributed by atoms with van der Waals surface area (Å²) in [6, 6.07) is 18.8. The van der Waals surface area contributed by atoms with Crippen LogP contribution in [0.1, 0.15) is 44.2 Å². The number of hydrogen-bond donors (Lipinski definition) is 0. The van der Waals surface area contributed by atoms with Gasteiger partial charge in [-0.05, 0) is 41.2 Å². The van der Waals surface area contributed by atoms with Gasteiger partial charge in [0.25, 0.3) is 0 Å². The maximum atomic E-state index is 8.84. The first-order chi connectivity index (χ1) is 10.3. The molecule has 0 saturated carbocycles. The molecule has 2 rings (SSSR count). The van der Waals surface area contributed by atoms with Gasteiger partial charge in [0.2, 0.25) is 0 Å². The van der Waals surface area contributed by atoms with Crippen molar-refractivity contribution < 1.29 is 0 Å². The largest absolute Gasteiger partial charge is 0.192 e. The Bertz CT molecular complexity index is 587. The highest BCUT2D eigenvalue weighted by Gasteiger charge is 2.06. The quantitative estimate of drug-likeness (QED) is 0.674. The Morgan fingerprint density at radius 1 is 0.905 bits per heavy atom. The van der Waals surface area contributed by atoms with Gasteiger partial charge in [0.1, 0.15) is 0 Å². The third-order valence-corrected chi connectivity index (χ3v) is 4.10. The van der Waals surface area contributed by atoms with Crippen molar-refractivity contribution in [2.45, 2.75) is 39.5 Å². The molecule has 1 heteroatoms. The van der Waals surface area contributed by atoms with Gasteiger partial charge in [-0.1, -0.05) is 69.5 Å². The van der Waals surface area contributed by atoms with Gasteiger partial charge in [0.05, 0.1) is 11.6 Å². The summed E-state index contributed by atoms with van der Waals surface area (Å²) in [5.41, 5.74) is 4.52. The standard InChI is InChI=1S/C20H23N/c1-3-5-16(4-2)14-17-6-10-19(11-7-17)20-12-8-18(15-21)9-13-20/h6-13,16H,3-5,14H2,1-2H3. The van der Waals surface area contributed by atoms with E-state index in [4.69, 9.17) is 5.26 Å². The summed E-state index contributed by atoms with van der Waals surface area (Å²) >= 11 is 0. The number of benzene rings is 2. The molecule has 2 aromatic rings. The van der Waals surface area contributed by atoms with Crippen LogP contribution in [-0.2, 0) is 6.42 Å². The number of nitriles is 1. The molecule has 1 atom stereocenters. The molecular formula is C20H23N. The summed E-state index contributed by atoms with van der Waals surface area (Å²) < 4.78 is 0. The van der Waals surface area contributed by atoms with Gasteiger partial charge in [-0.25, -0.2) is 0 Å². The molecule has 21 heavy (non-hydrogen) atoms. The van der Waals surface area contributed by atoms with E-state index in [1.807, 2.05) is 24.3 Å². The molecule has 0 amide bonds. The molecule has 0 saturated heterocycles. The molecule has 2 aromatic carbocycles. The summed E-state index contributed by atoms with van der Waals surface area (Å²) in [5.74, 6) is 0.802. The Morgan fingerprint density at radius 3 is 1.95 bits per heavy atom. The summed E-state index contributed by atoms with van der Waals surface area (Å²) in [4.78, 5) is 0. The van der Waals surface area contributed by atoms with E-state index in [0.717, 1.165) is 5.92 Å². The topological polar surface area (TPSA) is 23.8 Å². The van der Waals surface area contributed by atoms with Crippen LogP contribution in [0.2, 0.25) is 0 Å². The molecule has 0 aliphatic carbocycles. The third-order valence-electron chi connectivity index (χ3n) is 4.10. The molecule has 0 aliphatic heterocycles. The second-order valence-electron chi connectivity index (χ2n) is 5.65. The predicted molar refractivity (Wildman–Crippen MR) is 89.0 cm³/mol. The minimum Gasteiger partial charge on any atom is -0.192 e. The van der Waals surface area contributed by atoms with Crippen LogP contribution < -0.4 is 0 Å². The van der Waals surface area contributed by atoms with E-state index in [0.29, 0.717) is 5.56 Å². The molecule has 1 nitrogen and oxygen atoms in total. The average Bonchev–Trinajstić information content (AvgIpc) is 2.55. The Morgan fingerprint density at radius 2 is 1.48 bits per heavy atom. The normalized spacial score (nSPS) is 11.9. The number of hydrogen-bond acceptors (Lipinski definition) is 1. The summed E-state index contributed by atoms with van der Waals surface area (Å²) in [7, 11) is 0. The lowest BCUT2D eigenvalue weighted by Gasteiger charge is -2.14. The Labute approximate surface area is 128 Å². The third kappa shape index (κ3) is 4.20. The van der Waals surface area contributed by atoms with Crippen molar-refractivity contribution in [3.8, 4) is 17.2 Å². The highest BCUT2D eigenvalue weighted by Crippen LogP contribution is 2.23. The number of nitrogens with zero attached hydrogens (tertiary/aromatic N) is 1. The van der Waals surface area contributed by atoms with Gasteiger partial charge >= 0.3 is 0 Å². The van der Waals surface area contributed by atoms with Crippen LogP contribution in [0, 0.1) is 17.2 Å². The van der Waals surface area contributed by atoms with Gasteiger partial charge in [-0.3, -0.25) is 0 Å². The molecular weight excluding hydrogens is 254 g/mol. The first-order valence-corrected chi connectivity index (χ1v) is 7.86. The first kappa shape index (κ1) is 15.3. The molecule has 0 spiro atoms. The van der Waals surface area contributed by atoms with Crippen molar-refractivity contribution in [1.82, 2.24) is 0 Å². The second kappa shape index (κ2) is 7.64. The van der Waals surface area contributed by atoms with Crippen LogP contribution in [0.25, 0.3) is 11.1 Å². The fourth-order valence-electron chi connectivity index (χ4n) is 2.76. The molecule has 0 bridgehead atoms. The fourth-order valence-corrected chi connectivity index (χ4v) is 2.76. The van der Waals surface area contributed by atoms with Gasteiger partial charge in [-0.15, -0.1) is 0 Å². The van der Waals surface area contributed by atoms with Crippen molar-refractivity contribution >= 4 is 0 Å². The van der Waals surface area contributed by atoms with Crippen LogP contribution in [0.5, 0.6) is 0 Å². The van der Waals surface area contributed by atoms with Crippen LogP contribution >= 0.6 is 0 Å². The Kier molecular flexibility index (Phi) is 5.58. The zero-order chi connectivity index (χ0) is 15.1. The van der Waals surface area contributed by atoms with Gasteiger partial charge in [0.15, 0.2) is 0 Å². The van der Waals surface area contributed by atoms with Crippen molar-refractivity contribution in [2.24, 2.45) is 5.92 Å². The fraction of sp³-hybridized carbons (Fsp3) is 0.350. The van der Waals surface area contributed by atoms with E-state index in [1.165, 1.54) is 42.4 Å².